The highest BCUT2D eigenvalue weighted by Crippen LogP contribution is 2.26. The van der Waals surface area contributed by atoms with Gasteiger partial charge in [0.25, 0.3) is 0 Å². The molecule has 2 aromatic carbocycles. The normalized spacial score (nSPS) is 12.7. The fourth-order valence-corrected chi connectivity index (χ4v) is 4.52. The van der Waals surface area contributed by atoms with Crippen LogP contribution in [0.2, 0.25) is 5.02 Å². The molecule has 0 bridgehead atoms. The number of unbranched alkanes of at least 4 members (excludes halogenated alkanes) is 3. The molecule has 1 N–H and O–H groups in total. The summed E-state index contributed by atoms with van der Waals surface area (Å²) in [6.45, 7) is 2.05. The average molecular weight is 395 g/mol. The molecule has 26 heavy (non-hydrogen) atoms. The molecule has 0 amide bonds. The van der Waals surface area contributed by atoms with Crippen LogP contribution in [-0.2, 0) is 14.6 Å². The lowest BCUT2D eigenvalue weighted by molar-refractivity contribution is -0.136. The zero-order valence-corrected chi connectivity index (χ0v) is 16.3. The van der Waals surface area contributed by atoms with E-state index in [1.54, 1.807) is 24.3 Å². The fourth-order valence-electron chi connectivity index (χ4n) is 2.81. The lowest BCUT2D eigenvalue weighted by Crippen LogP contribution is -2.30. The van der Waals surface area contributed by atoms with Crippen LogP contribution in [0.5, 0.6) is 0 Å². The van der Waals surface area contributed by atoms with Crippen LogP contribution in [0, 0.1) is 0 Å². The van der Waals surface area contributed by atoms with Gasteiger partial charge in [0.05, 0.1) is 4.90 Å². The number of halogens is 1. The van der Waals surface area contributed by atoms with Crippen LogP contribution in [0.3, 0.4) is 0 Å². The average Bonchev–Trinajstić information content (AvgIpc) is 2.62. The van der Waals surface area contributed by atoms with E-state index >= 15 is 0 Å². The molecule has 1 atom stereocenters. The second-order valence-electron chi connectivity index (χ2n) is 6.25. The predicted molar refractivity (Wildman–Crippen MR) is 104 cm³/mol. The van der Waals surface area contributed by atoms with E-state index in [9.17, 15) is 18.3 Å². The van der Waals surface area contributed by atoms with E-state index in [4.69, 9.17) is 11.6 Å². The Morgan fingerprint density at radius 1 is 0.962 bits per heavy atom. The molecular formula is C20H23ClO4S. The molecule has 2 aromatic rings. The van der Waals surface area contributed by atoms with Crippen LogP contribution in [0.1, 0.15) is 39.0 Å². The van der Waals surface area contributed by atoms with Crippen LogP contribution >= 0.6 is 11.6 Å². The van der Waals surface area contributed by atoms with Crippen LogP contribution in [0.25, 0.3) is 11.1 Å². The Bertz CT molecular complexity index is 827. The molecule has 0 saturated carbocycles. The highest BCUT2D eigenvalue weighted by Gasteiger charge is 2.33. The third-order valence-corrected chi connectivity index (χ3v) is 6.70. The Morgan fingerprint density at radius 3 is 2.00 bits per heavy atom. The van der Waals surface area contributed by atoms with Gasteiger partial charge < -0.3 is 5.11 Å². The predicted octanol–water partition coefficient (Wildman–Crippen LogP) is 5.20. The van der Waals surface area contributed by atoms with Gasteiger partial charge >= 0.3 is 5.97 Å². The van der Waals surface area contributed by atoms with E-state index in [0.29, 0.717) is 11.4 Å². The smallest absolute Gasteiger partial charge is 0.322 e. The van der Waals surface area contributed by atoms with Gasteiger partial charge in [0, 0.05) is 5.02 Å². The van der Waals surface area contributed by atoms with E-state index in [2.05, 4.69) is 0 Å². The van der Waals surface area contributed by atoms with E-state index in [1.807, 2.05) is 19.1 Å². The summed E-state index contributed by atoms with van der Waals surface area (Å²) in [6.07, 6.45) is 3.55. The van der Waals surface area contributed by atoms with Crippen molar-refractivity contribution < 1.29 is 18.3 Å². The number of benzene rings is 2. The zero-order valence-electron chi connectivity index (χ0n) is 14.7. The summed E-state index contributed by atoms with van der Waals surface area (Å²) in [6, 6.07) is 13.5. The summed E-state index contributed by atoms with van der Waals surface area (Å²) in [5.74, 6) is -1.29. The first kappa shape index (κ1) is 20.5. The molecule has 0 spiro atoms. The summed E-state index contributed by atoms with van der Waals surface area (Å²) in [5, 5.41) is 8.62. The van der Waals surface area contributed by atoms with Crippen LogP contribution in [-0.4, -0.2) is 24.7 Å². The minimum absolute atomic E-state index is 0.0399. The zero-order chi connectivity index (χ0) is 19.2. The molecule has 0 aliphatic heterocycles. The third-order valence-electron chi connectivity index (χ3n) is 4.33. The van der Waals surface area contributed by atoms with Gasteiger partial charge in [0.2, 0.25) is 0 Å². The number of carboxylic acids is 1. The van der Waals surface area contributed by atoms with Crippen molar-refractivity contribution in [3.8, 4) is 11.1 Å². The Labute approximate surface area is 159 Å². The lowest BCUT2D eigenvalue weighted by Gasteiger charge is -2.14. The second kappa shape index (κ2) is 9.19. The molecular weight excluding hydrogens is 372 g/mol. The topological polar surface area (TPSA) is 71.4 Å². The molecule has 140 valence electrons. The van der Waals surface area contributed by atoms with Gasteiger partial charge in [-0.05, 0) is 41.8 Å². The third kappa shape index (κ3) is 5.08. The first-order chi connectivity index (χ1) is 12.4. The summed E-state index contributed by atoms with van der Waals surface area (Å²) < 4.78 is 25.5. The van der Waals surface area contributed by atoms with Gasteiger partial charge in [-0.2, -0.15) is 0 Å². The summed E-state index contributed by atoms with van der Waals surface area (Å²) in [7, 11) is -3.91. The summed E-state index contributed by atoms with van der Waals surface area (Å²) in [5.41, 5.74) is 1.75. The van der Waals surface area contributed by atoms with Gasteiger partial charge in [-0.25, -0.2) is 8.42 Å². The molecule has 0 aliphatic carbocycles. The van der Waals surface area contributed by atoms with Crippen molar-refractivity contribution in [1.82, 2.24) is 0 Å². The fraction of sp³-hybridized carbons (Fsp3) is 0.350. The van der Waals surface area contributed by atoms with Crippen molar-refractivity contribution in [1.29, 1.82) is 0 Å². The maximum Gasteiger partial charge on any atom is 0.322 e. The highest BCUT2D eigenvalue weighted by molar-refractivity contribution is 7.92. The monoisotopic (exact) mass is 394 g/mol. The Balaban J connectivity index is 2.21. The molecule has 2 rings (SSSR count). The van der Waals surface area contributed by atoms with Crippen molar-refractivity contribution in [2.24, 2.45) is 0 Å². The Hall–Kier alpha value is -1.85. The molecule has 0 saturated heterocycles. The van der Waals surface area contributed by atoms with Gasteiger partial charge in [0.1, 0.15) is 0 Å². The summed E-state index contributed by atoms with van der Waals surface area (Å²) >= 11 is 5.88. The number of aliphatic carboxylic acids is 1. The number of rotatable bonds is 9. The van der Waals surface area contributed by atoms with E-state index in [0.717, 1.165) is 30.4 Å². The van der Waals surface area contributed by atoms with Gasteiger partial charge in [-0.3, -0.25) is 4.79 Å². The second-order valence-corrected chi connectivity index (χ2v) is 8.82. The largest absolute Gasteiger partial charge is 0.480 e. The van der Waals surface area contributed by atoms with Crippen molar-refractivity contribution in [2.45, 2.75) is 49.2 Å². The molecule has 0 fully saturated rings. The summed E-state index contributed by atoms with van der Waals surface area (Å²) in [4.78, 5) is 11.6. The standard InChI is InChI=1S/C20H23ClO4S/c1-2-3-4-5-6-19(20(22)23)26(24,25)18-13-9-16(10-14-18)15-7-11-17(21)12-8-15/h7-14,19H,2-6H2,1H3,(H,22,23). The minimum atomic E-state index is -3.91. The molecule has 6 heteroatoms. The van der Waals surface area contributed by atoms with Gasteiger partial charge in [-0.1, -0.05) is 68.5 Å². The number of sulfone groups is 1. The van der Waals surface area contributed by atoms with E-state index in [-0.39, 0.29) is 11.3 Å². The molecule has 0 aromatic heterocycles. The number of carboxylic acid groups (broad SMARTS) is 1. The van der Waals surface area contributed by atoms with Crippen LogP contribution in [0.15, 0.2) is 53.4 Å². The van der Waals surface area contributed by atoms with Crippen molar-refractivity contribution in [3.05, 3.63) is 53.6 Å². The maximum atomic E-state index is 12.7. The van der Waals surface area contributed by atoms with E-state index in [1.165, 1.54) is 12.1 Å². The SMILES string of the molecule is CCCCCCC(C(=O)O)S(=O)(=O)c1ccc(-c2ccc(Cl)cc2)cc1. The first-order valence-electron chi connectivity index (χ1n) is 8.69. The van der Waals surface area contributed by atoms with Gasteiger partial charge in [-0.15, -0.1) is 0 Å². The number of hydrogen-bond acceptors (Lipinski definition) is 3. The first-order valence-corrected chi connectivity index (χ1v) is 10.6. The van der Waals surface area contributed by atoms with Gasteiger partial charge in [0.15, 0.2) is 15.1 Å². The Kier molecular flexibility index (Phi) is 7.23. The molecule has 0 radical (unpaired) electrons. The highest BCUT2D eigenvalue weighted by atomic mass is 35.5. The molecule has 1 unspecified atom stereocenters. The molecule has 0 aliphatic rings. The van der Waals surface area contributed by atoms with E-state index < -0.39 is 21.1 Å². The lowest BCUT2D eigenvalue weighted by atomic mass is 10.1. The van der Waals surface area contributed by atoms with Crippen molar-refractivity contribution in [3.63, 3.8) is 0 Å². The van der Waals surface area contributed by atoms with Crippen LogP contribution < -0.4 is 0 Å². The van der Waals surface area contributed by atoms with Crippen molar-refractivity contribution in [2.75, 3.05) is 0 Å². The molecule has 0 heterocycles. The van der Waals surface area contributed by atoms with Crippen LogP contribution in [0.4, 0.5) is 0 Å². The Morgan fingerprint density at radius 2 is 1.50 bits per heavy atom. The maximum absolute atomic E-state index is 12.7. The number of hydrogen-bond donors (Lipinski definition) is 1. The molecule has 4 nitrogen and oxygen atoms in total. The number of carbonyl (C=O) groups is 1. The quantitative estimate of drug-likeness (QED) is 0.593. The van der Waals surface area contributed by atoms with Crippen molar-refractivity contribution >= 4 is 27.4 Å². The minimum Gasteiger partial charge on any atom is -0.480 e.